The predicted molar refractivity (Wildman–Crippen MR) is 102 cm³/mol. The number of rotatable bonds is 6. The summed E-state index contributed by atoms with van der Waals surface area (Å²) in [6.07, 6.45) is 3.66. The number of nitrogens with zero attached hydrogens (tertiary/aromatic N) is 2. The maximum absolute atomic E-state index is 12.3. The van der Waals surface area contributed by atoms with Crippen LogP contribution in [0.5, 0.6) is 0 Å². The largest absolute Gasteiger partial charge is 0.480 e. The van der Waals surface area contributed by atoms with E-state index in [9.17, 15) is 24.5 Å². The average molecular weight is 410 g/mol. The number of carboxylic acids is 1. The molecule has 1 fully saturated rings. The number of hydrogen-bond donors (Lipinski definition) is 2. The maximum Gasteiger partial charge on any atom is 0.325 e. The number of carbonyl (C=O) groups excluding carboxylic acids is 2. The van der Waals surface area contributed by atoms with Gasteiger partial charge in [0.05, 0.1) is 4.92 Å². The zero-order valence-corrected chi connectivity index (χ0v) is 15.9. The molecule has 10 heteroatoms. The highest BCUT2D eigenvalue weighted by atomic mass is 35.5. The Morgan fingerprint density at radius 2 is 2.00 bits per heavy atom. The van der Waals surface area contributed by atoms with Gasteiger partial charge in [-0.15, -0.1) is 0 Å². The van der Waals surface area contributed by atoms with E-state index >= 15 is 0 Å². The Balaban J connectivity index is 1.91. The highest BCUT2D eigenvalue weighted by molar-refractivity contribution is 6.32. The fourth-order valence-electron chi connectivity index (χ4n) is 2.80. The first-order valence-corrected chi connectivity index (χ1v) is 9.01. The molecule has 1 atom stereocenters. The van der Waals surface area contributed by atoms with Gasteiger partial charge in [0.2, 0.25) is 11.8 Å². The molecule has 0 bridgehead atoms. The number of amides is 2. The van der Waals surface area contributed by atoms with Crippen LogP contribution < -0.4 is 5.32 Å². The van der Waals surface area contributed by atoms with E-state index in [1.54, 1.807) is 11.0 Å². The third kappa shape index (κ3) is 5.53. The number of aliphatic carboxylic acids is 1. The molecule has 1 unspecified atom stereocenters. The lowest BCUT2D eigenvalue weighted by molar-refractivity contribution is -0.384. The molecule has 0 radical (unpaired) electrons. The maximum atomic E-state index is 12.3. The van der Waals surface area contributed by atoms with Crippen molar-refractivity contribution >= 4 is 41.1 Å². The third-order valence-corrected chi connectivity index (χ3v) is 4.81. The summed E-state index contributed by atoms with van der Waals surface area (Å²) >= 11 is 5.76. The molecule has 2 N–H and O–H groups in total. The number of likely N-dealkylation sites (tertiary alicyclic amines) is 1. The third-order valence-electron chi connectivity index (χ3n) is 4.49. The number of carbonyl (C=O) groups is 3. The van der Waals surface area contributed by atoms with Crippen molar-refractivity contribution in [2.75, 3.05) is 13.1 Å². The van der Waals surface area contributed by atoms with Crippen molar-refractivity contribution in [2.45, 2.75) is 25.8 Å². The van der Waals surface area contributed by atoms with E-state index in [0.717, 1.165) is 0 Å². The number of nitrogens with one attached hydrogen (secondary N) is 1. The van der Waals surface area contributed by atoms with Crippen LogP contribution in [0.15, 0.2) is 24.3 Å². The van der Waals surface area contributed by atoms with Crippen LogP contribution in [0.4, 0.5) is 5.69 Å². The summed E-state index contributed by atoms with van der Waals surface area (Å²) in [6.45, 7) is 2.12. The van der Waals surface area contributed by atoms with Crippen LogP contribution in [-0.4, -0.2) is 51.8 Å². The molecule has 2 amide bonds. The van der Waals surface area contributed by atoms with E-state index in [1.165, 1.54) is 31.2 Å². The highest BCUT2D eigenvalue weighted by Crippen LogP contribution is 2.25. The number of nitro benzene ring substituents is 1. The molecule has 1 heterocycles. The Hall–Kier alpha value is -2.94. The first kappa shape index (κ1) is 21.4. The van der Waals surface area contributed by atoms with Crippen LogP contribution in [0.1, 0.15) is 25.3 Å². The first-order chi connectivity index (χ1) is 13.2. The van der Waals surface area contributed by atoms with Crippen molar-refractivity contribution in [3.63, 3.8) is 0 Å². The summed E-state index contributed by atoms with van der Waals surface area (Å²) in [6, 6.07) is 3.29. The van der Waals surface area contributed by atoms with Gasteiger partial charge in [-0.25, -0.2) is 0 Å². The van der Waals surface area contributed by atoms with Crippen molar-refractivity contribution < 1.29 is 24.4 Å². The minimum atomic E-state index is -1.10. The number of carboxylic acid groups (broad SMARTS) is 1. The molecule has 1 saturated heterocycles. The second-order valence-corrected chi connectivity index (χ2v) is 6.88. The number of halogens is 1. The van der Waals surface area contributed by atoms with Gasteiger partial charge in [0.15, 0.2) is 0 Å². The van der Waals surface area contributed by atoms with E-state index < -0.39 is 16.9 Å². The molecule has 9 nitrogen and oxygen atoms in total. The van der Waals surface area contributed by atoms with Crippen molar-refractivity contribution in [2.24, 2.45) is 5.92 Å². The topological polar surface area (TPSA) is 130 Å². The number of benzene rings is 1. The zero-order valence-electron chi connectivity index (χ0n) is 15.1. The van der Waals surface area contributed by atoms with E-state index in [4.69, 9.17) is 16.7 Å². The lowest BCUT2D eigenvalue weighted by Gasteiger charge is -2.31. The van der Waals surface area contributed by atoms with Gasteiger partial charge in [0, 0.05) is 31.1 Å². The van der Waals surface area contributed by atoms with Crippen LogP contribution >= 0.6 is 11.6 Å². The first-order valence-electron chi connectivity index (χ1n) is 8.63. The molecule has 150 valence electrons. The Morgan fingerprint density at radius 1 is 1.36 bits per heavy atom. The molecule has 2 rings (SSSR count). The average Bonchev–Trinajstić information content (AvgIpc) is 2.66. The molecule has 0 spiro atoms. The normalized spacial score (nSPS) is 16.0. The Kier molecular flexibility index (Phi) is 7.11. The summed E-state index contributed by atoms with van der Waals surface area (Å²) in [7, 11) is 0. The van der Waals surface area contributed by atoms with Gasteiger partial charge in [-0.3, -0.25) is 24.5 Å². The molecule has 1 aromatic carbocycles. The number of hydrogen-bond acceptors (Lipinski definition) is 5. The summed E-state index contributed by atoms with van der Waals surface area (Å²) in [5.74, 6) is -2.04. The summed E-state index contributed by atoms with van der Waals surface area (Å²) in [4.78, 5) is 47.0. The van der Waals surface area contributed by atoms with E-state index in [-0.39, 0.29) is 28.4 Å². The summed E-state index contributed by atoms with van der Waals surface area (Å²) in [5.41, 5.74) is 0.236. The molecule has 1 aromatic rings. The second kappa shape index (κ2) is 9.32. The molecule has 1 aliphatic rings. The Labute approximate surface area is 166 Å². The van der Waals surface area contributed by atoms with Gasteiger partial charge in [0.1, 0.15) is 11.1 Å². The van der Waals surface area contributed by atoms with Crippen LogP contribution in [-0.2, 0) is 14.4 Å². The van der Waals surface area contributed by atoms with Gasteiger partial charge < -0.3 is 15.3 Å². The minimum Gasteiger partial charge on any atom is -0.480 e. The standard InChI is InChI=1S/C18H20ClN3O6/c1-11(18(25)26)20-17(24)13-6-8-21(9-7-13)16(23)5-3-12-2-4-14(19)15(10-12)22(27)28/h2-5,10-11,13H,6-9H2,1H3,(H,20,24)(H,25,26)/b5-3+. The number of piperidine rings is 1. The summed E-state index contributed by atoms with van der Waals surface area (Å²) in [5, 5.41) is 22.2. The zero-order chi connectivity index (χ0) is 20.8. The van der Waals surface area contributed by atoms with Gasteiger partial charge in [0.25, 0.3) is 5.69 Å². The van der Waals surface area contributed by atoms with Crippen molar-refractivity contribution in [3.8, 4) is 0 Å². The molecular weight excluding hydrogens is 390 g/mol. The van der Waals surface area contributed by atoms with Crippen molar-refractivity contribution in [1.29, 1.82) is 0 Å². The van der Waals surface area contributed by atoms with Gasteiger partial charge in [-0.2, -0.15) is 0 Å². The van der Waals surface area contributed by atoms with Crippen LogP contribution in [0, 0.1) is 16.0 Å². The van der Waals surface area contributed by atoms with Crippen LogP contribution in [0.3, 0.4) is 0 Å². The minimum absolute atomic E-state index is 0.0195. The Bertz CT molecular complexity index is 818. The molecule has 0 aliphatic carbocycles. The lowest BCUT2D eigenvalue weighted by Crippen LogP contribution is -2.46. The number of nitro groups is 1. The molecular formula is C18H20ClN3O6. The summed E-state index contributed by atoms with van der Waals surface area (Å²) < 4.78 is 0. The van der Waals surface area contributed by atoms with E-state index in [2.05, 4.69) is 5.32 Å². The Morgan fingerprint density at radius 3 is 2.57 bits per heavy atom. The van der Waals surface area contributed by atoms with E-state index in [0.29, 0.717) is 31.5 Å². The molecule has 0 saturated carbocycles. The highest BCUT2D eigenvalue weighted by Gasteiger charge is 2.28. The van der Waals surface area contributed by atoms with E-state index in [1.807, 2.05) is 0 Å². The van der Waals surface area contributed by atoms with Crippen molar-refractivity contribution in [3.05, 3.63) is 45.0 Å². The molecule has 0 aromatic heterocycles. The lowest BCUT2D eigenvalue weighted by atomic mass is 9.95. The second-order valence-electron chi connectivity index (χ2n) is 6.47. The molecule has 1 aliphatic heterocycles. The molecule has 28 heavy (non-hydrogen) atoms. The van der Waals surface area contributed by atoms with Gasteiger partial charge >= 0.3 is 5.97 Å². The van der Waals surface area contributed by atoms with Crippen LogP contribution in [0.2, 0.25) is 5.02 Å². The smallest absolute Gasteiger partial charge is 0.325 e. The SMILES string of the molecule is CC(NC(=O)C1CCN(C(=O)/C=C/c2ccc(Cl)c([N+](=O)[O-])c2)CC1)C(=O)O. The fraction of sp³-hybridized carbons (Fsp3) is 0.389. The quantitative estimate of drug-likeness (QED) is 0.420. The van der Waals surface area contributed by atoms with Crippen LogP contribution in [0.25, 0.3) is 6.08 Å². The van der Waals surface area contributed by atoms with Crippen molar-refractivity contribution in [1.82, 2.24) is 10.2 Å². The fourth-order valence-corrected chi connectivity index (χ4v) is 2.99. The predicted octanol–water partition coefficient (Wildman–Crippen LogP) is 2.09. The van der Waals surface area contributed by atoms with Gasteiger partial charge in [-0.05, 0) is 37.5 Å². The van der Waals surface area contributed by atoms with Gasteiger partial charge in [-0.1, -0.05) is 17.7 Å². The monoisotopic (exact) mass is 409 g/mol.